The van der Waals surface area contributed by atoms with E-state index < -0.39 is 5.97 Å². The van der Waals surface area contributed by atoms with Gasteiger partial charge in [-0.1, -0.05) is 29.8 Å². The van der Waals surface area contributed by atoms with Gasteiger partial charge in [0, 0.05) is 0 Å². The molecule has 0 aliphatic heterocycles. The van der Waals surface area contributed by atoms with Crippen LogP contribution in [-0.2, 0) is 16.1 Å². The maximum absolute atomic E-state index is 11.8. The zero-order valence-electron chi connectivity index (χ0n) is 13.6. The molecule has 118 valence electrons. The van der Waals surface area contributed by atoms with Gasteiger partial charge in [-0.2, -0.15) is 5.26 Å². The van der Waals surface area contributed by atoms with E-state index in [0.29, 0.717) is 5.56 Å². The molecule has 0 aromatic heterocycles. The van der Waals surface area contributed by atoms with Crippen LogP contribution >= 0.6 is 0 Å². The molecule has 0 aliphatic carbocycles. The fourth-order valence-corrected chi connectivity index (χ4v) is 2.46. The molecular formula is C19H19NO3. The highest BCUT2D eigenvalue weighted by molar-refractivity contribution is 5.71. The number of carbonyl (C=O) groups is 1. The Bertz CT molecular complexity index is 736. The molecule has 0 saturated heterocycles. The number of nitrogens with zero attached hydrogens (tertiary/aromatic N) is 1. The zero-order chi connectivity index (χ0) is 16.8. The van der Waals surface area contributed by atoms with E-state index in [1.165, 1.54) is 0 Å². The summed E-state index contributed by atoms with van der Waals surface area (Å²) in [5.74, 6) is 0.283. The third-order valence-electron chi connectivity index (χ3n) is 3.39. The van der Waals surface area contributed by atoms with Crippen LogP contribution in [0.3, 0.4) is 0 Å². The van der Waals surface area contributed by atoms with Crippen molar-refractivity contribution in [2.45, 2.75) is 27.4 Å². The van der Waals surface area contributed by atoms with E-state index in [1.807, 2.05) is 39.0 Å². The van der Waals surface area contributed by atoms with Crippen LogP contribution in [0.25, 0.3) is 0 Å². The van der Waals surface area contributed by atoms with E-state index in [4.69, 9.17) is 14.7 Å². The molecule has 4 heteroatoms. The average molecular weight is 309 g/mol. The topological polar surface area (TPSA) is 59.3 Å². The Morgan fingerprint density at radius 1 is 1.13 bits per heavy atom. The van der Waals surface area contributed by atoms with Crippen molar-refractivity contribution in [3.05, 3.63) is 64.2 Å². The number of aryl methyl sites for hydroxylation is 3. The van der Waals surface area contributed by atoms with Crippen LogP contribution in [0.15, 0.2) is 36.4 Å². The van der Waals surface area contributed by atoms with Crippen molar-refractivity contribution in [1.82, 2.24) is 0 Å². The summed E-state index contributed by atoms with van der Waals surface area (Å²) in [5, 5.41) is 8.84. The number of nitriles is 1. The Morgan fingerprint density at radius 2 is 1.83 bits per heavy atom. The first-order valence-electron chi connectivity index (χ1n) is 7.35. The Morgan fingerprint density at radius 3 is 2.48 bits per heavy atom. The number of ether oxygens (including phenoxy) is 2. The standard InChI is InChI=1S/C19H19NO3/c1-13-7-14(2)19(15(3)8-13)23-12-18(21)22-11-17-6-4-5-16(9-17)10-20/h4-9H,11-12H2,1-3H3. The largest absolute Gasteiger partial charge is 0.481 e. The lowest BCUT2D eigenvalue weighted by molar-refractivity contribution is -0.147. The second-order valence-electron chi connectivity index (χ2n) is 5.49. The fourth-order valence-electron chi connectivity index (χ4n) is 2.46. The molecule has 0 fully saturated rings. The molecule has 0 N–H and O–H groups in total. The minimum atomic E-state index is -0.438. The highest BCUT2D eigenvalue weighted by Gasteiger charge is 2.09. The van der Waals surface area contributed by atoms with Gasteiger partial charge in [0.1, 0.15) is 12.4 Å². The Labute approximate surface area is 136 Å². The van der Waals surface area contributed by atoms with Gasteiger partial charge in [-0.05, 0) is 49.6 Å². The number of carbonyl (C=O) groups excluding carboxylic acids is 1. The van der Waals surface area contributed by atoms with Gasteiger partial charge in [0.2, 0.25) is 0 Å². The van der Waals surface area contributed by atoms with E-state index in [2.05, 4.69) is 6.07 Å². The fraction of sp³-hybridized carbons (Fsp3) is 0.263. The number of hydrogen-bond donors (Lipinski definition) is 0. The molecule has 0 aliphatic rings. The normalized spacial score (nSPS) is 10.0. The summed E-state index contributed by atoms with van der Waals surface area (Å²) >= 11 is 0. The summed E-state index contributed by atoms with van der Waals surface area (Å²) in [6.07, 6.45) is 0. The molecule has 0 spiro atoms. The quantitative estimate of drug-likeness (QED) is 0.792. The molecule has 0 radical (unpaired) electrons. The lowest BCUT2D eigenvalue weighted by Gasteiger charge is -2.12. The van der Waals surface area contributed by atoms with Gasteiger partial charge >= 0.3 is 5.97 Å². The van der Waals surface area contributed by atoms with Crippen LogP contribution in [0.1, 0.15) is 27.8 Å². The highest BCUT2D eigenvalue weighted by atomic mass is 16.6. The molecule has 0 atom stereocenters. The molecule has 0 heterocycles. The van der Waals surface area contributed by atoms with Crippen molar-refractivity contribution in [1.29, 1.82) is 5.26 Å². The van der Waals surface area contributed by atoms with E-state index in [9.17, 15) is 4.79 Å². The van der Waals surface area contributed by atoms with Gasteiger partial charge in [0.15, 0.2) is 6.61 Å². The Kier molecular flexibility index (Phi) is 5.37. The second kappa shape index (κ2) is 7.46. The lowest BCUT2D eigenvalue weighted by atomic mass is 10.1. The molecule has 2 aromatic carbocycles. The third-order valence-corrected chi connectivity index (χ3v) is 3.39. The van der Waals surface area contributed by atoms with E-state index in [0.717, 1.165) is 28.0 Å². The summed E-state index contributed by atoms with van der Waals surface area (Å²) < 4.78 is 10.8. The Balaban J connectivity index is 1.90. The molecule has 0 unspecified atom stereocenters. The number of hydrogen-bond acceptors (Lipinski definition) is 4. The average Bonchev–Trinajstić information content (AvgIpc) is 2.52. The summed E-state index contributed by atoms with van der Waals surface area (Å²) in [4.78, 5) is 11.8. The Hall–Kier alpha value is -2.80. The van der Waals surface area contributed by atoms with Crippen molar-refractivity contribution >= 4 is 5.97 Å². The van der Waals surface area contributed by atoms with Crippen LogP contribution in [0.5, 0.6) is 5.75 Å². The first-order chi connectivity index (χ1) is 11.0. The summed E-state index contributed by atoms with van der Waals surface area (Å²) in [5.41, 5.74) is 4.47. The monoisotopic (exact) mass is 309 g/mol. The van der Waals surface area contributed by atoms with Crippen LogP contribution in [-0.4, -0.2) is 12.6 Å². The predicted octanol–water partition coefficient (Wildman–Crippen LogP) is 3.61. The van der Waals surface area contributed by atoms with Gasteiger partial charge in [-0.25, -0.2) is 4.79 Å². The predicted molar refractivity (Wildman–Crippen MR) is 87.1 cm³/mol. The van der Waals surface area contributed by atoms with Gasteiger partial charge in [-0.15, -0.1) is 0 Å². The number of rotatable bonds is 5. The zero-order valence-corrected chi connectivity index (χ0v) is 13.6. The molecule has 2 rings (SSSR count). The van der Waals surface area contributed by atoms with Crippen molar-refractivity contribution in [2.75, 3.05) is 6.61 Å². The van der Waals surface area contributed by atoms with Gasteiger partial charge in [0.05, 0.1) is 11.6 Å². The molecule has 23 heavy (non-hydrogen) atoms. The molecule has 4 nitrogen and oxygen atoms in total. The number of benzene rings is 2. The SMILES string of the molecule is Cc1cc(C)c(OCC(=O)OCc2cccc(C#N)c2)c(C)c1. The molecule has 0 bridgehead atoms. The van der Waals surface area contributed by atoms with Crippen molar-refractivity contribution in [3.63, 3.8) is 0 Å². The van der Waals surface area contributed by atoms with Gasteiger partial charge < -0.3 is 9.47 Å². The van der Waals surface area contributed by atoms with E-state index in [1.54, 1.807) is 18.2 Å². The van der Waals surface area contributed by atoms with Crippen LogP contribution in [0.4, 0.5) is 0 Å². The summed E-state index contributed by atoms with van der Waals surface area (Å²) in [6.45, 7) is 5.92. The third kappa shape index (κ3) is 4.58. The van der Waals surface area contributed by atoms with Crippen molar-refractivity contribution < 1.29 is 14.3 Å². The number of esters is 1. The molecule has 0 saturated carbocycles. The summed E-state index contributed by atoms with van der Waals surface area (Å²) in [7, 11) is 0. The van der Waals surface area contributed by atoms with Crippen LogP contribution in [0, 0.1) is 32.1 Å². The molecule has 0 amide bonds. The van der Waals surface area contributed by atoms with E-state index in [-0.39, 0.29) is 13.2 Å². The smallest absolute Gasteiger partial charge is 0.344 e. The van der Waals surface area contributed by atoms with Crippen LogP contribution < -0.4 is 4.74 Å². The van der Waals surface area contributed by atoms with Gasteiger partial charge in [-0.3, -0.25) is 0 Å². The lowest BCUT2D eigenvalue weighted by Crippen LogP contribution is -2.15. The minimum absolute atomic E-state index is 0.129. The van der Waals surface area contributed by atoms with Crippen molar-refractivity contribution in [3.8, 4) is 11.8 Å². The maximum atomic E-state index is 11.8. The van der Waals surface area contributed by atoms with Gasteiger partial charge in [0.25, 0.3) is 0 Å². The minimum Gasteiger partial charge on any atom is -0.481 e. The highest BCUT2D eigenvalue weighted by Crippen LogP contribution is 2.24. The van der Waals surface area contributed by atoms with Crippen LogP contribution in [0.2, 0.25) is 0 Å². The first-order valence-corrected chi connectivity index (χ1v) is 7.35. The van der Waals surface area contributed by atoms with Crippen molar-refractivity contribution in [2.24, 2.45) is 0 Å². The van der Waals surface area contributed by atoms with E-state index >= 15 is 0 Å². The summed E-state index contributed by atoms with van der Waals surface area (Å²) in [6, 6.07) is 13.1. The second-order valence-corrected chi connectivity index (χ2v) is 5.49. The molecular weight excluding hydrogens is 290 g/mol. The molecule has 2 aromatic rings. The maximum Gasteiger partial charge on any atom is 0.344 e. The first kappa shape index (κ1) is 16.6.